The first kappa shape index (κ1) is 22.2. The number of benzene rings is 1. The summed E-state index contributed by atoms with van der Waals surface area (Å²) in [7, 11) is 0. The normalized spacial score (nSPS) is 21.5. The highest BCUT2D eigenvalue weighted by atomic mass is 35.5. The van der Waals surface area contributed by atoms with Gasteiger partial charge in [-0.05, 0) is 42.7 Å². The zero-order valence-corrected chi connectivity index (χ0v) is 18.2. The van der Waals surface area contributed by atoms with Crippen LogP contribution in [0.1, 0.15) is 18.4 Å². The van der Waals surface area contributed by atoms with Crippen LogP contribution >= 0.6 is 11.6 Å². The Morgan fingerprint density at radius 2 is 1.97 bits per heavy atom. The van der Waals surface area contributed by atoms with E-state index in [4.69, 9.17) is 22.1 Å². The lowest BCUT2D eigenvalue weighted by Crippen LogP contribution is -2.53. The fourth-order valence-electron chi connectivity index (χ4n) is 4.35. The summed E-state index contributed by atoms with van der Waals surface area (Å²) in [6.07, 6.45) is 2.67. The maximum Gasteiger partial charge on any atom is 0.253 e. The number of pyridine rings is 1. The Morgan fingerprint density at radius 3 is 2.62 bits per heavy atom. The topological polar surface area (TPSA) is 118 Å². The lowest BCUT2D eigenvalue weighted by molar-refractivity contribution is -0.131. The van der Waals surface area contributed by atoms with E-state index in [1.165, 1.54) is 6.20 Å². The number of primary amides is 1. The second-order valence-electron chi connectivity index (χ2n) is 7.80. The van der Waals surface area contributed by atoms with Crippen LogP contribution in [0.3, 0.4) is 0 Å². The number of morpholine rings is 1. The van der Waals surface area contributed by atoms with E-state index >= 15 is 0 Å². The number of nitrogens with two attached hydrogens (primary N) is 1. The molecule has 0 radical (unpaired) electrons. The van der Waals surface area contributed by atoms with E-state index in [2.05, 4.69) is 10.3 Å². The van der Waals surface area contributed by atoms with Gasteiger partial charge in [-0.15, -0.1) is 0 Å². The molecular formula is C22H24ClN5O4. The Kier molecular flexibility index (Phi) is 6.40. The second-order valence-corrected chi connectivity index (χ2v) is 8.24. The van der Waals surface area contributed by atoms with Gasteiger partial charge in [-0.1, -0.05) is 23.7 Å². The Hall–Kier alpha value is -3.01. The molecule has 0 saturated carbocycles. The molecule has 3 heterocycles. The molecular weight excluding hydrogens is 434 g/mol. The zero-order valence-electron chi connectivity index (χ0n) is 17.4. The standard InChI is InChI=1S/C22H24ClN5O4/c23-16-4-7-18(25-12-16)26-19(29)13-27-9-1-8-22(27,21(24)31)15-2-5-17(6-3-15)28-10-11-32-14-20(28)30/h2-7,12H,1,8-11,13-14H2,(H2,24,31)(H,25,26,29). The molecule has 2 fully saturated rings. The predicted octanol–water partition coefficient (Wildman–Crippen LogP) is 1.51. The summed E-state index contributed by atoms with van der Waals surface area (Å²) in [5.41, 5.74) is 6.22. The fourth-order valence-corrected chi connectivity index (χ4v) is 4.46. The van der Waals surface area contributed by atoms with Crippen molar-refractivity contribution in [1.82, 2.24) is 9.88 Å². The summed E-state index contributed by atoms with van der Waals surface area (Å²) in [5, 5.41) is 3.19. The van der Waals surface area contributed by atoms with Crippen molar-refractivity contribution in [3.8, 4) is 0 Å². The molecule has 2 saturated heterocycles. The third-order valence-corrected chi connectivity index (χ3v) is 6.11. The van der Waals surface area contributed by atoms with Gasteiger partial charge in [0.05, 0.1) is 18.2 Å². The smallest absolute Gasteiger partial charge is 0.253 e. The van der Waals surface area contributed by atoms with E-state index in [-0.39, 0.29) is 25.0 Å². The summed E-state index contributed by atoms with van der Waals surface area (Å²) in [5.74, 6) is -0.545. The molecule has 32 heavy (non-hydrogen) atoms. The van der Waals surface area contributed by atoms with Crippen molar-refractivity contribution in [1.29, 1.82) is 0 Å². The van der Waals surface area contributed by atoms with Crippen LogP contribution in [0, 0.1) is 0 Å². The van der Waals surface area contributed by atoms with Gasteiger partial charge in [0.25, 0.3) is 5.91 Å². The van der Waals surface area contributed by atoms with E-state index in [0.29, 0.717) is 42.5 Å². The summed E-state index contributed by atoms with van der Waals surface area (Å²) in [6, 6.07) is 10.5. The minimum Gasteiger partial charge on any atom is -0.370 e. The Balaban J connectivity index is 1.53. The van der Waals surface area contributed by atoms with Gasteiger partial charge in [0.2, 0.25) is 11.8 Å². The summed E-state index contributed by atoms with van der Waals surface area (Å²) < 4.78 is 5.18. The monoisotopic (exact) mass is 457 g/mol. The largest absolute Gasteiger partial charge is 0.370 e. The number of halogens is 1. The summed E-state index contributed by atoms with van der Waals surface area (Å²) >= 11 is 5.83. The van der Waals surface area contributed by atoms with Crippen molar-refractivity contribution in [3.63, 3.8) is 0 Å². The van der Waals surface area contributed by atoms with Gasteiger partial charge in [0, 0.05) is 25.0 Å². The molecule has 1 aromatic carbocycles. The van der Waals surface area contributed by atoms with Gasteiger partial charge >= 0.3 is 0 Å². The third kappa shape index (κ3) is 4.32. The highest BCUT2D eigenvalue weighted by Gasteiger charge is 2.48. The molecule has 9 nitrogen and oxygen atoms in total. The average molecular weight is 458 g/mol. The van der Waals surface area contributed by atoms with Crippen molar-refractivity contribution < 1.29 is 19.1 Å². The van der Waals surface area contributed by atoms with Crippen LogP contribution < -0.4 is 16.0 Å². The lowest BCUT2D eigenvalue weighted by Gasteiger charge is -2.36. The Bertz CT molecular complexity index is 1010. The van der Waals surface area contributed by atoms with Gasteiger partial charge in [0.1, 0.15) is 18.0 Å². The molecule has 2 aliphatic rings. The number of hydrogen-bond donors (Lipinski definition) is 2. The van der Waals surface area contributed by atoms with Crippen LogP contribution in [0.5, 0.6) is 0 Å². The number of carbonyl (C=O) groups excluding carboxylic acids is 3. The molecule has 2 aliphatic heterocycles. The molecule has 0 spiro atoms. The van der Waals surface area contributed by atoms with Crippen LogP contribution in [0.2, 0.25) is 5.02 Å². The SMILES string of the molecule is NC(=O)C1(c2ccc(N3CCOCC3=O)cc2)CCCN1CC(=O)Nc1ccc(Cl)cn1. The summed E-state index contributed by atoms with van der Waals surface area (Å²) in [4.78, 5) is 45.0. The quantitative estimate of drug-likeness (QED) is 0.679. The summed E-state index contributed by atoms with van der Waals surface area (Å²) in [6.45, 7) is 1.54. The number of likely N-dealkylation sites (tertiary alicyclic amines) is 1. The predicted molar refractivity (Wildman–Crippen MR) is 119 cm³/mol. The average Bonchev–Trinajstić information content (AvgIpc) is 3.20. The van der Waals surface area contributed by atoms with Crippen LogP contribution in [-0.4, -0.2) is 60.5 Å². The van der Waals surface area contributed by atoms with E-state index in [1.54, 1.807) is 46.2 Å². The second kappa shape index (κ2) is 9.23. The number of anilines is 2. The molecule has 0 bridgehead atoms. The van der Waals surface area contributed by atoms with E-state index in [0.717, 1.165) is 12.1 Å². The van der Waals surface area contributed by atoms with Crippen LogP contribution in [-0.2, 0) is 24.7 Å². The number of carbonyl (C=O) groups is 3. The number of ether oxygens (including phenoxy) is 1. The molecule has 4 rings (SSSR count). The number of aromatic nitrogens is 1. The van der Waals surface area contributed by atoms with Gasteiger partial charge in [-0.2, -0.15) is 0 Å². The molecule has 0 aliphatic carbocycles. The highest BCUT2D eigenvalue weighted by Crippen LogP contribution is 2.39. The van der Waals surface area contributed by atoms with Crippen molar-refractivity contribution in [2.24, 2.45) is 5.73 Å². The first-order valence-corrected chi connectivity index (χ1v) is 10.7. The number of amides is 3. The van der Waals surface area contributed by atoms with Gasteiger partial charge < -0.3 is 20.7 Å². The molecule has 168 valence electrons. The molecule has 1 unspecified atom stereocenters. The van der Waals surface area contributed by atoms with E-state index < -0.39 is 11.4 Å². The van der Waals surface area contributed by atoms with Gasteiger partial charge in [0.15, 0.2) is 0 Å². The molecule has 3 amide bonds. The molecule has 1 atom stereocenters. The van der Waals surface area contributed by atoms with Crippen molar-refractivity contribution >= 4 is 40.8 Å². The van der Waals surface area contributed by atoms with Crippen LogP contribution in [0.4, 0.5) is 11.5 Å². The minimum absolute atomic E-state index is 0.0169. The maximum absolute atomic E-state index is 12.7. The first-order valence-electron chi connectivity index (χ1n) is 10.4. The molecule has 10 heteroatoms. The minimum atomic E-state index is -1.10. The fraction of sp³-hybridized carbons (Fsp3) is 0.364. The highest BCUT2D eigenvalue weighted by molar-refractivity contribution is 6.30. The third-order valence-electron chi connectivity index (χ3n) is 5.89. The van der Waals surface area contributed by atoms with Crippen molar-refractivity contribution in [3.05, 3.63) is 53.2 Å². The Morgan fingerprint density at radius 1 is 1.19 bits per heavy atom. The van der Waals surface area contributed by atoms with Crippen LogP contribution in [0.15, 0.2) is 42.6 Å². The van der Waals surface area contributed by atoms with Gasteiger partial charge in [-0.25, -0.2) is 4.98 Å². The van der Waals surface area contributed by atoms with Crippen molar-refractivity contribution in [2.75, 3.05) is 43.1 Å². The number of nitrogens with zero attached hydrogens (tertiary/aromatic N) is 3. The lowest BCUT2D eigenvalue weighted by atomic mass is 9.86. The number of nitrogens with one attached hydrogen (secondary N) is 1. The van der Waals surface area contributed by atoms with Crippen LogP contribution in [0.25, 0.3) is 0 Å². The van der Waals surface area contributed by atoms with Gasteiger partial charge in [-0.3, -0.25) is 19.3 Å². The Labute approximate surface area is 190 Å². The molecule has 1 aromatic heterocycles. The first-order chi connectivity index (χ1) is 15.4. The number of rotatable bonds is 6. The number of hydrogen-bond acceptors (Lipinski definition) is 6. The molecule has 2 aromatic rings. The van der Waals surface area contributed by atoms with E-state index in [9.17, 15) is 14.4 Å². The van der Waals surface area contributed by atoms with Crippen molar-refractivity contribution in [2.45, 2.75) is 18.4 Å². The van der Waals surface area contributed by atoms with E-state index in [1.807, 2.05) is 0 Å². The zero-order chi connectivity index (χ0) is 22.7. The maximum atomic E-state index is 12.7. The molecule has 3 N–H and O–H groups in total.